The average Bonchev–Trinajstić information content (AvgIpc) is 2.97. The van der Waals surface area contributed by atoms with Gasteiger partial charge in [-0.2, -0.15) is 0 Å². The summed E-state index contributed by atoms with van der Waals surface area (Å²) in [4.78, 5) is 12.6. The number of aliphatic hydroxyl groups is 1. The molecule has 0 bridgehead atoms. The molecule has 0 aliphatic heterocycles. The lowest BCUT2D eigenvalue weighted by Crippen LogP contribution is -2.36. The number of carboxylic acid groups (broad SMARTS) is 1. The summed E-state index contributed by atoms with van der Waals surface area (Å²) in [6.07, 6.45) is 33.4. The largest absolute Gasteiger partial charge is 0.481 e. The zero-order valence-electron chi connectivity index (χ0n) is 26.5. The van der Waals surface area contributed by atoms with Crippen molar-refractivity contribution in [3.8, 4) is 0 Å². The fourth-order valence-electron chi connectivity index (χ4n) is 6.26. The van der Waals surface area contributed by atoms with Crippen molar-refractivity contribution in [1.82, 2.24) is 0 Å². The number of aliphatic hydroxyl groups excluding tert-OH is 1. The minimum Gasteiger partial charge on any atom is -0.481 e. The van der Waals surface area contributed by atoms with Gasteiger partial charge in [0.1, 0.15) is 0 Å². The number of hydrogen-bond acceptors (Lipinski definition) is 2. The Morgan fingerprint density at radius 3 is 1.18 bits per heavy atom. The van der Waals surface area contributed by atoms with E-state index in [0.29, 0.717) is 0 Å². The molecule has 0 fully saturated rings. The van der Waals surface area contributed by atoms with Gasteiger partial charge in [0.25, 0.3) is 0 Å². The minimum atomic E-state index is -0.743. The maximum Gasteiger partial charge on any atom is 0.314 e. The second-order valence-electron chi connectivity index (χ2n) is 12.5. The van der Waals surface area contributed by atoms with Gasteiger partial charge in [0.05, 0.1) is 5.41 Å². The van der Waals surface area contributed by atoms with Gasteiger partial charge >= 0.3 is 5.97 Å². The lowest BCUT2D eigenvalue weighted by molar-refractivity contribution is -0.144. The van der Waals surface area contributed by atoms with Crippen molar-refractivity contribution in [3.05, 3.63) is 35.9 Å². The molecule has 1 aromatic carbocycles. The molecule has 3 heteroatoms. The monoisotopic (exact) mass is 559 g/mol. The van der Waals surface area contributed by atoms with E-state index in [4.69, 9.17) is 5.11 Å². The van der Waals surface area contributed by atoms with Crippen LogP contribution < -0.4 is 0 Å². The summed E-state index contributed by atoms with van der Waals surface area (Å²) in [6, 6.07) is 10.0. The maximum absolute atomic E-state index is 12.6. The first-order valence-corrected chi connectivity index (χ1v) is 17.6. The van der Waals surface area contributed by atoms with Crippen LogP contribution in [0, 0.1) is 0 Å². The molecule has 40 heavy (non-hydrogen) atoms. The first-order chi connectivity index (χ1) is 19.7. The van der Waals surface area contributed by atoms with Crippen LogP contribution in [0.25, 0.3) is 0 Å². The van der Waals surface area contributed by atoms with Crippen molar-refractivity contribution in [3.63, 3.8) is 0 Å². The summed E-state index contributed by atoms with van der Waals surface area (Å²) in [5, 5.41) is 19.3. The third-order valence-electron chi connectivity index (χ3n) is 8.95. The first kappa shape index (κ1) is 36.7. The molecule has 0 radical (unpaired) electrons. The van der Waals surface area contributed by atoms with E-state index >= 15 is 0 Å². The Morgan fingerprint density at radius 2 is 0.850 bits per heavy atom. The highest BCUT2D eigenvalue weighted by atomic mass is 16.4. The standard InChI is InChI=1S/C37H66O3/c1-2-3-4-5-6-7-8-9-10-11-12-13-14-15-16-18-21-27-32-37(36(39)40,35-30-25-24-26-31-35)33-28-22-19-17-20-23-29-34-38/h24-26,30-31,38H,2-23,27-29,32-34H2,1H3,(H,39,40). The van der Waals surface area contributed by atoms with E-state index in [0.717, 1.165) is 63.4 Å². The van der Waals surface area contributed by atoms with Crippen LogP contribution in [0.2, 0.25) is 0 Å². The molecule has 232 valence electrons. The van der Waals surface area contributed by atoms with Gasteiger partial charge in [-0.1, -0.05) is 191 Å². The molecule has 1 atom stereocenters. The van der Waals surface area contributed by atoms with Crippen LogP contribution in [0.5, 0.6) is 0 Å². The Labute approximate surface area is 248 Å². The fourth-order valence-corrected chi connectivity index (χ4v) is 6.26. The number of benzene rings is 1. The molecular formula is C37H66O3. The van der Waals surface area contributed by atoms with Gasteiger partial charge in [0, 0.05) is 6.61 Å². The molecule has 0 saturated heterocycles. The van der Waals surface area contributed by atoms with Gasteiger partial charge in [-0.15, -0.1) is 0 Å². The Morgan fingerprint density at radius 1 is 0.525 bits per heavy atom. The van der Waals surface area contributed by atoms with Gasteiger partial charge in [-0.25, -0.2) is 0 Å². The summed E-state index contributed by atoms with van der Waals surface area (Å²) in [5.41, 5.74) is 0.241. The molecule has 0 spiro atoms. The predicted molar refractivity (Wildman–Crippen MR) is 173 cm³/mol. The zero-order chi connectivity index (χ0) is 29.0. The highest BCUT2D eigenvalue weighted by molar-refractivity contribution is 5.81. The topological polar surface area (TPSA) is 57.5 Å². The van der Waals surface area contributed by atoms with Crippen molar-refractivity contribution in [1.29, 1.82) is 0 Å². The van der Waals surface area contributed by atoms with Gasteiger partial charge in [0.2, 0.25) is 0 Å². The van der Waals surface area contributed by atoms with Crippen LogP contribution in [0.1, 0.15) is 186 Å². The van der Waals surface area contributed by atoms with E-state index in [-0.39, 0.29) is 6.61 Å². The maximum atomic E-state index is 12.6. The number of aliphatic carboxylic acids is 1. The van der Waals surface area contributed by atoms with E-state index in [1.54, 1.807) is 0 Å². The molecule has 1 unspecified atom stereocenters. The summed E-state index contributed by atoms with van der Waals surface area (Å²) in [6.45, 7) is 2.58. The highest BCUT2D eigenvalue weighted by Crippen LogP contribution is 2.36. The first-order valence-electron chi connectivity index (χ1n) is 17.6. The minimum absolute atomic E-state index is 0.289. The number of unbranched alkanes of at least 4 members (excludes halogenated alkanes) is 23. The quantitative estimate of drug-likeness (QED) is 0.0923. The summed E-state index contributed by atoms with van der Waals surface area (Å²) >= 11 is 0. The van der Waals surface area contributed by atoms with E-state index < -0.39 is 11.4 Å². The van der Waals surface area contributed by atoms with Crippen LogP contribution in [0.3, 0.4) is 0 Å². The van der Waals surface area contributed by atoms with E-state index in [1.165, 1.54) is 116 Å². The molecule has 1 aromatic rings. The number of hydrogen-bond donors (Lipinski definition) is 2. The number of rotatable bonds is 30. The average molecular weight is 559 g/mol. The van der Waals surface area contributed by atoms with Crippen molar-refractivity contribution in [2.24, 2.45) is 0 Å². The normalized spacial score (nSPS) is 12.9. The van der Waals surface area contributed by atoms with Crippen LogP contribution in [0.15, 0.2) is 30.3 Å². The Kier molecular flexibility index (Phi) is 24.3. The van der Waals surface area contributed by atoms with Crippen LogP contribution in [0.4, 0.5) is 0 Å². The lowest BCUT2D eigenvalue weighted by Gasteiger charge is -2.30. The Balaban J connectivity index is 2.18. The molecule has 1 rings (SSSR count). The molecule has 0 aliphatic carbocycles. The molecular weight excluding hydrogens is 492 g/mol. The number of carbonyl (C=O) groups is 1. The molecule has 0 saturated carbocycles. The summed E-state index contributed by atoms with van der Waals surface area (Å²) < 4.78 is 0. The third kappa shape index (κ3) is 18.2. The summed E-state index contributed by atoms with van der Waals surface area (Å²) in [5.74, 6) is -0.645. The predicted octanol–water partition coefficient (Wildman–Crippen LogP) is 11.6. The van der Waals surface area contributed by atoms with Gasteiger partial charge in [-0.05, 0) is 24.8 Å². The molecule has 3 nitrogen and oxygen atoms in total. The van der Waals surface area contributed by atoms with Crippen molar-refractivity contribution in [2.75, 3.05) is 6.61 Å². The van der Waals surface area contributed by atoms with E-state index in [1.807, 2.05) is 30.3 Å². The zero-order valence-corrected chi connectivity index (χ0v) is 26.5. The second kappa shape index (κ2) is 26.5. The van der Waals surface area contributed by atoms with Gasteiger partial charge < -0.3 is 10.2 Å². The van der Waals surface area contributed by atoms with E-state index in [2.05, 4.69) is 6.92 Å². The summed E-state index contributed by atoms with van der Waals surface area (Å²) in [7, 11) is 0. The van der Waals surface area contributed by atoms with Crippen LogP contribution in [-0.4, -0.2) is 22.8 Å². The molecule has 0 amide bonds. The molecule has 0 aliphatic rings. The van der Waals surface area contributed by atoms with Crippen molar-refractivity contribution in [2.45, 2.75) is 186 Å². The van der Waals surface area contributed by atoms with Gasteiger partial charge in [0.15, 0.2) is 0 Å². The van der Waals surface area contributed by atoms with Crippen molar-refractivity contribution >= 4 is 5.97 Å². The molecule has 0 heterocycles. The lowest BCUT2D eigenvalue weighted by atomic mass is 9.72. The number of carboxylic acids is 1. The SMILES string of the molecule is CCCCCCCCCCCCCCCCCCCCC(CCCCCCCCCO)(C(=O)O)c1ccccc1. The second-order valence-corrected chi connectivity index (χ2v) is 12.5. The van der Waals surface area contributed by atoms with E-state index in [9.17, 15) is 9.90 Å². The highest BCUT2D eigenvalue weighted by Gasteiger charge is 2.39. The smallest absolute Gasteiger partial charge is 0.314 e. The Bertz CT molecular complexity index is 673. The third-order valence-corrected chi connectivity index (χ3v) is 8.95. The Hall–Kier alpha value is -1.35. The molecule has 2 N–H and O–H groups in total. The van der Waals surface area contributed by atoms with Crippen LogP contribution in [-0.2, 0) is 10.2 Å². The van der Waals surface area contributed by atoms with Crippen LogP contribution >= 0.6 is 0 Å². The fraction of sp³-hybridized carbons (Fsp3) is 0.811. The molecule has 0 aromatic heterocycles. The van der Waals surface area contributed by atoms with Gasteiger partial charge in [-0.3, -0.25) is 4.79 Å². The van der Waals surface area contributed by atoms with Crippen molar-refractivity contribution < 1.29 is 15.0 Å².